The molecule has 0 atom stereocenters. The molecule has 1 aromatic carbocycles. The van der Waals surface area contributed by atoms with Gasteiger partial charge in [0.25, 0.3) is 5.91 Å². The molecule has 0 aliphatic carbocycles. The van der Waals surface area contributed by atoms with Crippen molar-refractivity contribution in [2.75, 3.05) is 37.8 Å². The Kier molecular flexibility index (Phi) is 5.00. The highest BCUT2D eigenvalue weighted by Crippen LogP contribution is 2.37. The third kappa shape index (κ3) is 3.97. The van der Waals surface area contributed by atoms with Crippen LogP contribution in [-0.4, -0.2) is 43.0 Å². The average Bonchev–Trinajstić information content (AvgIpc) is 2.59. The molecule has 0 unspecified atom stereocenters. The number of carbonyl (C=O) groups excluding carboxylic acids is 1. The molecule has 0 bridgehead atoms. The molecule has 3 rings (SSSR count). The van der Waals surface area contributed by atoms with Gasteiger partial charge in [-0.15, -0.1) is 0 Å². The monoisotopic (exact) mass is 338 g/mol. The Balaban J connectivity index is 1.93. The average molecular weight is 338 g/mol. The second-order valence-electron chi connectivity index (χ2n) is 6.23. The van der Waals surface area contributed by atoms with Crippen LogP contribution in [0, 0.1) is 0 Å². The van der Waals surface area contributed by atoms with Crippen LogP contribution in [0.3, 0.4) is 0 Å². The molecule has 0 spiro atoms. The Morgan fingerprint density at radius 2 is 2.00 bits per heavy atom. The summed E-state index contributed by atoms with van der Waals surface area (Å²) >= 11 is 0. The molecule has 2 heterocycles. The Morgan fingerprint density at radius 3 is 2.72 bits per heavy atom. The highest BCUT2D eigenvalue weighted by Gasteiger charge is 2.30. The van der Waals surface area contributed by atoms with Crippen molar-refractivity contribution >= 4 is 23.4 Å². The molecule has 0 saturated heterocycles. The third-order valence-electron chi connectivity index (χ3n) is 3.94. The summed E-state index contributed by atoms with van der Waals surface area (Å²) in [5.41, 5.74) is 8.09. The maximum Gasteiger partial charge on any atom is 0.294 e. The lowest BCUT2D eigenvalue weighted by atomic mass is 10.1. The van der Waals surface area contributed by atoms with E-state index < -0.39 is 0 Å². The summed E-state index contributed by atoms with van der Waals surface area (Å²) in [5, 5.41) is 0. The fraction of sp³-hybridized carbons (Fsp3) is 0.263. The van der Waals surface area contributed by atoms with Gasteiger partial charge >= 0.3 is 0 Å². The number of pyridine rings is 1. The van der Waals surface area contributed by atoms with E-state index in [1.807, 2.05) is 26.2 Å². The second-order valence-corrected chi connectivity index (χ2v) is 6.23. The number of ether oxygens (including phenoxy) is 1. The number of anilines is 2. The number of fused-ring (bicyclic) bond motifs is 1. The van der Waals surface area contributed by atoms with E-state index >= 15 is 0 Å². The largest absolute Gasteiger partial charge is 0.449 e. The number of nitrogens with two attached hydrogens (primary N) is 1. The SMILES string of the molecule is CN(C)CCCN1C(=O)/C(=C\c2ccncc2)Oc2ccc(N)cc21. The fourth-order valence-electron chi connectivity index (χ4n) is 2.71. The van der Waals surface area contributed by atoms with Gasteiger partial charge in [0.2, 0.25) is 0 Å². The zero-order chi connectivity index (χ0) is 17.8. The van der Waals surface area contributed by atoms with Gasteiger partial charge in [0.05, 0.1) is 5.69 Å². The highest BCUT2D eigenvalue weighted by molar-refractivity contribution is 6.10. The highest BCUT2D eigenvalue weighted by atomic mass is 16.5. The number of aromatic nitrogens is 1. The van der Waals surface area contributed by atoms with E-state index in [9.17, 15) is 4.79 Å². The number of rotatable bonds is 5. The summed E-state index contributed by atoms with van der Waals surface area (Å²) in [6.07, 6.45) is 5.96. The van der Waals surface area contributed by atoms with Crippen LogP contribution >= 0.6 is 0 Å². The maximum absolute atomic E-state index is 12.9. The van der Waals surface area contributed by atoms with E-state index in [1.165, 1.54) is 0 Å². The summed E-state index contributed by atoms with van der Waals surface area (Å²) in [6.45, 7) is 1.50. The van der Waals surface area contributed by atoms with E-state index in [0.717, 1.165) is 24.2 Å². The van der Waals surface area contributed by atoms with Gasteiger partial charge < -0.3 is 20.3 Å². The third-order valence-corrected chi connectivity index (χ3v) is 3.94. The van der Waals surface area contributed by atoms with E-state index in [2.05, 4.69) is 9.88 Å². The molecule has 2 N–H and O–H groups in total. The van der Waals surface area contributed by atoms with Crippen LogP contribution in [0.5, 0.6) is 5.75 Å². The number of hydrogen-bond acceptors (Lipinski definition) is 5. The Morgan fingerprint density at radius 1 is 1.24 bits per heavy atom. The van der Waals surface area contributed by atoms with Crippen LogP contribution in [0.2, 0.25) is 0 Å². The first-order chi connectivity index (χ1) is 12.0. The second kappa shape index (κ2) is 7.36. The molecule has 0 fully saturated rings. The molecule has 6 nitrogen and oxygen atoms in total. The van der Waals surface area contributed by atoms with E-state index in [1.54, 1.807) is 41.6 Å². The summed E-state index contributed by atoms with van der Waals surface area (Å²) in [7, 11) is 4.03. The number of amides is 1. The lowest BCUT2D eigenvalue weighted by Crippen LogP contribution is -2.39. The Labute approximate surface area is 147 Å². The van der Waals surface area contributed by atoms with Crippen molar-refractivity contribution in [3.8, 4) is 5.75 Å². The van der Waals surface area contributed by atoms with E-state index in [4.69, 9.17) is 10.5 Å². The standard InChI is InChI=1S/C19H22N4O2/c1-22(2)10-3-11-23-16-13-15(20)4-5-17(16)25-18(19(23)24)12-14-6-8-21-9-7-14/h4-9,12-13H,3,10-11,20H2,1-2H3/b18-12+. The minimum Gasteiger partial charge on any atom is -0.449 e. The van der Waals surface area contributed by atoms with Gasteiger partial charge in [0.15, 0.2) is 11.5 Å². The Bertz CT molecular complexity index is 787. The summed E-state index contributed by atoms with van der Waals surface area (Å²) < 4.78 is 5.84. The van der Waals surface area contributed by atoms with Gasteiger partial charge in [-0.05, 0) is 69.0 Å². The first-order valence-corrected chi connectivity index (χ1v) is 8.20. The smallest absolute Gasteiger partial charge is 0.294 e. The molecule has 0 saturated carbocycles. The summed E-state index contributed by atoms with van der Waals surface area (Å²) in [6, 6.07) is 9.02. The van der Waals surface area contributed by atoms with Crippen molar-refractivity contribution in [1.82, 2.24) is 9.88 Å². The lowest BCUT2D eigenvalue weighted by Gasteiger charge is -2.31. The zero-order valence-corrected chi connectivity index (χ0v) is 14.5. The van der Waals surface area contributed by atoms with Crippen molar-refractivity contribution in [2.45, 2.75) is 6.42 Å². The van der Waals surface area contributed by atoms with E-state index in [0.29, 0.717) is 23.7 Å². The first-order valence-electron chi connectivity index (χ1n) is 8.20. The van der Waals surface area contributed by atoms with Crippen molar-refractivity contribution in [2.24, 2.45) is 0 Å². The molecular formula is C19H22N4O2. The van der Waals surface area contributed by atoms with Gasteiger partial charge in [-0.2, -0.15) is 0 Å². The quantitative estimate of drug-likeness (QED) is 0.669. The topological polar surface area (TPSA) is 71.7 Å². The van der Waals surface area contributed by atoms with Gasteiger partial charge in [-0.3, -0.25) is 9.78 Å². The predicted octanol–water partition coefficient (Wildman–Crippen LogP) is 2.38. The lowest BCUT2D eigenvalue weighted by molar-refractivity contribution is -0.117. The molecule has 2 aromatic rings. The number of hydrogen-bond donors (Lipinski definition) is 1. The summed E-state index contributed by atoms with van der Waals surface area (Å²) in [5.74, 6) is 0.779. The molecule has 1 amide bonds. The van der Waals surface area contributed by atoms with Gasteiger partial charge in [-0.25, -0.2) is 0 Å². The number of carbonyl (C=O) groups is 1. The number of nitrogens with zero attached hydrogens (tertiary/aromatic N) is 3. The van der Waals surface area contributed by atoms with Crippen molar-refractivity contribution in [3.05, 3.63) is 54.0 Å². The van der Waals surface area contributed by atoms with E-state index in [-0.39, 0.29) is 5.91 Å². The van der Waals surface area contributed by atoms with Crippen molar-refractivity contribution < 1.29 is 9.53 Å². The molecule has 130 valence electrons. The van der Waals surface area contributed by atoms with Crippen LogP contribution in [0.15, 0.2) is 48.5 Å². The van der Waals surface area contributed by atoms with Crippen LogP contribution in [0.4, 0.5) is 11.4 Å². The molecular weight excluding hydrogens is 316 g/mol. The predicted molar refractivity (Wildman–Crippen MR) is 99.2 cm³/mol. The Hall–Kier alpha value is -2.86. The molecule has 1 aliphatic rings. The fourth-order valence-corrected chi connectivity index (χ4v) is 2.71. The molecule has 25 heavy (non-hydrogen) atoms. The maximum atomic E-state index is 12.9. The molecule has 0 radical (unpaired) electrons. The number of nitrogen functional groups attached to an aromatic ring is 1. The van der Waals surface area contributed by atoms with Crippen LogP contribution in [0.25, 0.3) is 6.08 Å². The molecule has 6 heteroatoms. The minimum absolute atomic E-state index is 0.159. The normalized spacial score (nSPS) is 15.4. The van der Waals surface area contributed by atoms with Gasteiger partial charge in [0.1, 0.15) is 0 Å². The van der Waals surface area contributed by atoms with Gasteiger partial charge in [0, 0.05) is 24.6 Å². The van der Waals surface area contributed by atoms with Crippen LogP contribution < -0.4 is 15.4 Å². The van der Waals surface area contributed by atoms with Gasteiger partial charge in [-0.1, -0.05) is 0 Å². The van der Waals surface area contributed by atoms with Crippen LogP contribution in [-0.2, 0) is 4.79 Å². The van der Waals surface area contributed by atoms with Crippen molar-refractivity contribution in [3.63, 3.8) is 0 Å². The molecule has 1 aliphatic heterocycles. The van der Waals surface area contributed by atoms with Crippen LogP contribution in [0.1, 0.15) is 12.0 Å². The first kappa shape index (κ1) is 17.0. The number of benzene rings is 1. The zero-order valence-electron chi connectivity index (χ0n) is 14.5. The summed E-state index contributed by atoms with van der Waals surface area (Å²) in [4.78, 5) is 20.8. The molecule has 1 aromatic heterocycles. The minimum atomic E-state index is -0.159. The van der Waals surface area contributed by atoms with Crippen molar-refractivity contribution in [1.29, 1.82) is 0 Å².